The van der Waals surface area contributed by atoms with Gasteiger partial charge in [-0.1, -0.05) is 29.0 Å². The van der Waals surface area contributed by atoms with E-state index in [1.807, 2.05) is 25.1 Å². The highest BCUT2D eigenvalue weighted by atomic mass is 35.5. The molecular weight excluding hydrogens is 272 g/mol. The van der Waals surface area contributed by atoms with Crippen molar-refractivity contribution in [1.29, 1.82) is 0 Å². The Hall–Kier alpha value is -1.59. The predicted molar refractivity (Wildman–Crippen MR) is 74.5 cm³/mol. The summed E-state index contributed by atoms with van der Waals surface area (Å²) in [7, 11) is 0. The van der Waals surface area contributed by atoms with Gasteiger partial charge in [0.1, 0.15) is 0 Å². The second-order valence-electron chi connectivity index (χ2n) is 3.83. The second kappa shape index (κ2) is 5.37. The van der Waals surface area contributed by atoms with Crippen LogP contribution < -0.4 is 5.32 Å². The van der Waals surface area contributed by atoms with Crippen molar-refractivity contribution in [1.82, 2.24) is 0 Å². The van der Waals surface area contributed by atoms with E-state index in [-0.39, 0.29) is 9.92 Å². The first kappa shape index (κ1) is 12.9. The van der Waals surface area contributed by atoms with Gasteiger partial charge in [-0.25, -0.2) is 0 Å². The number of rotatable bonds is 4. The van der Waals surface area contributed by atoms with Crippen molar-refractivity contribution >= 4 is 33.6 Å². The quantitative estimate of drug-likeness (QED) is 0.674. The molecule has 0 atom stereocenters. The molecule has 94 valence electrons. The van der Waals surface area contributed by atoms with Crippen molar-refractivity contribution in [3.63, 3.8) is 0 Å². The topological polar surface area (TPSA) is 55.2 Å². The Morgan fingerprint density at radius 1 is 1.39 bits per heavy atom. The fourth-order valence-electron chi connectivity index (χ4n) is 1.51. The summed E-state index contributed by atoms with van der Waals surface area (Å²) in [6, 6.07) is 9.00. The lowest BCUT2D eigenvalue weighted by Gasteiger charge is -2.07. The van der Waals surface area contributed by atoms with Crippen molar-refractivity contribution in [3.8, 4) is 0 Å². The van der Waals surface area contributed by atoms with E-state index in [1.54, 1.807) is 6.07 Å². The normalized spacial score (nSPS) is 10.3. The monoisotopic (exact) mass is 282 g/mol. The maximum Gasteiger partial charge on any atom is 0.324 e. The summed E-state index contributed by atoms with van der Waals surface area (Å²) in [5.41, 5.74) is 1.93. The van der Waals surface area contributed by atoms with E-state index in [4.69, 9.17) is 11.6 Å². The minimum atomic E-state index is -0.382. The SMILES string of the molecule is Cc1ccc(NCc2ccc([N+](=O)[O-])s2)c(Cl)c1. The number of aryl methyl sites for hydroxylation is 1. The molecule has 1 aromatic heterocycles. The summed E-state index contributed by atoms with van der Waals surface area (Å²) in [6.45, 7) is 2.50. The van der Waals surface area contributed by atoms with Gasteiger partial charge in [-0.2, -0.15) is 0 Å². The van der Waals surface area contributed by atoms with Crippen LogP contribution in [0.3, 0.4) is 0 Å². The fourth-order valence-corrected chi connectivity index (χ4v) is 2.57. The molecule has 6 heteroatoms. The minimum absolute atomic E-state index is 0.154. The summed E-state index contributed by atoms with van der Waals surface area (Å²) >= 11 is 7.25. The van der Waals surface area contributed by atoms with Gasteiger partial charge >= 0.3 is 5.00 Å². The highest BCUT2D eigenvalue weighted by Gasteiger charge is 2.09. The molecule has 0 amide bonds. The van der Waals surface area contributed by atoms with E-state index < -0.39 is 0 Å². The van der Waals surface area contributed by atoms with Crippen molar-refractivity contribution < 1.29 is 4.92 Å². The van der Waals surface area contributed by atoms with Crippen LogP contribution in [0.4, 0.5) is 10.7 Å². The van der Waals surface area contributed by atoms with Crippen molar-refractivity contribution in [2.24, 2.45) is 0 Å². The molecule has 2 aromatic rings. The van der Waals surface area contributed by atoms with Gasteiger partial charge in [0.2, 0.25) is 0 Å². The van der Waals surface area contributed by atoms with Crippen LogP contribution in [0.1, 0.15) is 10.4 Å². The molecule has 0 aliphatic heterocycles. The molecule has 18 heavy (non-hydrogen) atoms. The van der Waals surface area contributed by atoms with Gasteiger partial charge in [0, 0.05) is 17.5 Å². The number of benzene rings is 1. The number of nitrogens with one attached hydrogen (secondary N) is 1. The second-order valence-corrected chi connectivity index (χ2v) is 5.39. The highest BCUT2D eigenvalue weighted by molar-refractivity contribution is 7.15. The first-order valence-electron chi connectivity index (χ1n) is 5.29. The van der Waals surface area contributed by atoms with Crippen molar-refractivity contribution in [3.05, 3.63) is 55.9 Å². The zero-order valence-electron chi connectivity index (χ0n) is 9.64. The molecule has 0 bridgehead atoms. The minimum Gasteiger partial charge on any atom is -0.379 e. The summed E-state index contributed by atoms with van der Waals surface area (Å²) in [5.74, 6) is 0. The van der Waals surface area contributed by atoms with Crippen LogP contribution in [0.2, 0.25) is 5.02 Å². The van der Waals surface area contributed by atoms with E-state index in [1.165, 1.54) is 6.07 Å². The summed E-state index contributed by atoms with van der Waals surface area (Å²) in [5, 5.41) is 14.5. The van der Waals surface area contributed by atoms with Crippen molar-refractivity contribution in [2.75, 3.05) is 5.32 Å². The zero-order chi connectivity index (χ0) is 13.1. The lowest BCUT2D eigenvalue weighted by atomic mass is 10.2. The number of hydrogen-bond donors (Lipinski definition) is 1. The number of halogens is 1. The third kappa shape index (κ3) is 3.00. The maximum absolute atomic E-state index is 10.6. The van der Waals surface area contributed by atoms with Crippen LogP contribution in [0.25, 0.3) is 0 Å². The molecule has 0 saturated heterocycles. The molecule has 1 aromatic carbocycles. The lowest BCUT2D eigenvalue weighted by molar-refractivity contribution is -0.380. The summed E-state index contributed by atoms with van der Waals surface area (Å²) in [6.07, 6.45) is 0. The smallest absolute Gasteiger partial charge is 0.324 e. The van der Waals surface area contributed by atoms with Crippen LogP contribution in [0.5, 0.6) is 0 Å². The van der Waals surface area contributed by atoms with E-state index in [2.05, 4.69) is 5.32 Å². The zero-order valence-corrected chi connectivity index (χ0v) is 11.2. The average Bonchev–Trinajstić information content (AvgIpc) is 2.76. The number of hydrogen-bond acceptors (Lipinski definition) is 4. The van der Waals surface area contributed by atoms with E-state index in [0.29, 0.717) is 11.6 Å². The van der Waals surface area contributed by atoms with Gasteiger partial charge < -0.3 is 5.32 Å². The standard InChI is InChI=1S/C12H11ClN2O2S/c1-8-2-4-11(10(13)6-8)14-7-9-3-5-12(18-9)15(16)17/h2-6,14H,7H2,1H3. The Kier molecular flexibility index (Phi) is 3.84. The fraction of sp³-hybridized carbons (Fsp3) is 0.167. The summed E-state index contributed by atoms with van der Waals surface area (Å²) < 4.78 is 0. The Labute approximate surface area is 113 Å². The van der Waals surface area contributed by atoms with Crippen LogP contribution >= 0.6 is 22.9 Å². The van der Waals surface area contributed by atoms with Crippen LogP contribution in [0, 0.1) is 17.0 Å². The first-order chi connectivity index (χ1) is 8.56. The van der Waals surface area contributed by atoms with Crippen molar-refractivity contribution in [2.45, 2.75) is 13.5 Å². The predicted octanol–water partition coefficient (Wildman–Crippen LogP) is 4.23. The largest absolute Gasteiger partial charge is 0.379 e. The van der Waals surface area contributed by atoms with Gasteiger partial charge in [-0.15, -0.1) is 0 Å². The first-order valence-corrected chi connectivity index (χ1v) is 6.49. The third-order valence-corrected chi connectivity index (χ3v) is 3.75. The Morgan fingerprint density at radius 3 is 2.78 bits per heavy atom. The number of nitro groups is 1. The molecule has 0 unspecified atom stereocenters. The molecular formula is C12H11ClN2O2S. The average molecular weight is 283 g/mol. The molecule has 4 nitrogen and oxygen atoms in total. The van der Waals surface area contributed by atoms with Gasteiger partial charge in [0.15, 0.2) is 0 Å². The number of thiophene rings is 1. The van der Waals surface area contributed by atoms with E-state index >= 15 is 0 Å². The number of nitrogens with zero attached hydrogens (tertiary/aromatic N) is 1. The molecule has 0 spiro atoms. The van der Waals surface area contributed by atoms with Crippen LogP contribution in [-0.2, 0) is 6.54 Å². The Balaban J connectivity index is 2.04. The van der Waals surface area contributed by atoms with Gasteiger partial charge in [0.05, 0.1) is 15.6 Å². The molecule has 0 saturated carbocycles. The Bertz CT molecular complexity index is 583. The van der Waals surface area contributed by atoms with E-state index in [9.17, 15) is 10.1 Å². The molecule has 0 aliphatic rings. The molecule has 1 N–H and O–H groups in total. The van der Waals surface area contributed by atoms with Crippen LogP contribution in [-0.4, -0.2) is 4.92 Å². The van der Waals surface area contributed by atoms with Gasteiger partial charge in [0.25, 0.3) is 0 Å². The molecule has 0 radical (unpaired) electrons. The third-order valence-electron chi connectivity index (χ3n) is 2.41. The van der Waals surface area contributed by atoms with Gasteiger partial charge in [-0.05, 0) is 30.7 Å². The van der Waals surface area contributed by atoms with Gasteiger partial charge in [-0.3, -0.25) is 10.1 Å². The maximum atomic E-state index is 10.6. The highest BCUT2D eigenvalue weighted by Crippen LogP contribution is 2.27. The molecule has 0 aliphatic carbocycles. The molecule has 2 rings (SSSR count). The molecule has 0 fully saturated rings. The number of anilines is 1. The Morgan fingerprint density at radius 2 is 2.17 bits per heavy atom. The van der Waals surface area contributed by atoms with E-state index in [0.717, 1.165) is 27.5 Å². The lowest BCUT2D eigenvalue weighted by Crippen LogP contribution is -1.97. The molecule has 1 heterocycles. The van der Waals surface area contributed by atoms with Crippen LogP contribution in [0.15, 0.2) is 30.3 Å². The summed E-state index contributed by atoms with van der Waals surface area (Å²) in [4.78, 5) is 11.1.